The molecule has 0 spiro atoms. The van der Waals surface area contributed by atoms with E-state index in [1.807, 2.05) is 18.2 Å². The third kappa shape index (κ3) is 1.73. The van der Waals surface area contributed by atoms with E-state index in [2.05, 4.69) is 10.6 Å². The lowest BCUT2D eigenvalue weighted by atomic mass is 10.0. The van der Waals surface area contributed by atoms with Gasteiger partial charge in [0.1, 0.15) is 5.75 Å². The average molecular weight is 232 g/mol. The zero-order valence-electron chi connectivity index (χ0n) is 9.82. The van der Waals surface area contributed by atoms with Crippen LogP contribution in [-0.2, 0) is 4.79 Å². The Morgan fingerprint density at radius 1 is 1.29 bits per heavy atom. The molecule has 1 aliphatic carbocycles. The van der Waals surface area contributed by atoms with Crippen molar-refractivity contribution in [3.05, 3.63) is 18.2 Å². The SMILES string of the molecule is COc1ccc2c(c1)NC(=O)C1CCCC1N2. The smallest absolute Gasteiger partial charge is 0.229 e. The van der Waals surface area contributed by atoms with Crippen molar-refractivity contribution in [1.29, 1.82) is 0 Å². The fourth-order valence-corrected chi connectivity index (χ4v) is 2.75. The van der Waals surface area contributed by atoms with E-state index < -0.39 is 0 Å². The molecule has 1 aromatic carbocycles. The first-order valence-corrected chi connectivity index (χ1v) is 6.03. The molecule has 2 aliphatic rings. The van der Waals surface area contributed by atoms with E-state index in [-0.39, 0.29) is 17.9 Å². The Morgan fingerprint density at radius 3 is 3.00 bits per heavy atom. The zero-order valence-corrected chi connectivity index (χ0v) is 9.82. The summed E-state index contributed by atoms with van der Waals surface area (Å²) in [5.74, 6) is 0.998. The Morgan fingerprint density at radius 2 is 2.18 bits per heavy atom. The van der Waals surface area contributed by atoms with E-state index in [0.717, 1.165) is 36.4 Å². The second kappa shape index (κ2) is 3.95. The maximum atomic E-state index is 12.1. The zero-order chi connectivity index (χ0) is 11.8. The molecule has 3 rings (SSSR count). The van der Waals surface area contributed by atoms with Gasteiger partial charge in [-0.1, -0.05) is 6.42 Å². The average Bonchev–Trinajstić information content (AvgIpc) is 2.75. The van der Waals surface area contributed by atoms with E-state index in [1.165, 1.54) is 0 Å². The predicted octanol–water partition coefficient (Wildman–Crippen LogP) is 2.23. The normalized spacial score (nSPS) is 26.3. The Hall–Kier alpha value is -1.71. The molecule has 2 N–H and O–H groups in total. The van der Waals surface area contributed by atoms with Crippen molar-refractivity contribution in [3.63, 3.8) is 0 Å². The minimum atomic E-state index is 0.105. The fraction of sp³-hybridized carbons (Fsp3) is 0.462. The maximum absolute atomic E-state index is 12.1. The standard InChI is InChI=1S/C13H16N2O2/c1-17-8-5-6-11-12(7-8)15-13(16)9-3-2-4-10(9)14-11/h5-7,9-10,14H,2-4H2,1H3,(H,15,16). The van der Waals surface area contributed by atoms with E-state index in [0.29, 0.717) is 0 Å². The number of anilines is 2. The maximum Gasteiger partial charge on any atom is 0.229 e. The molecule has 0 saturated heterocycles. The Bertz CT molecular complexity index is 459. The van der Waals surface area contributed by atoms with Crippen LogP contribution >= 0.6 is 0 Å². The van der Waals surface area contributed by atoms with Gasteiger partial charge in [-0.05, 0) is 25.0 Å². The highest BCUT2D eigenvalue weighted by molar-refractivity contribution is 5.98. The summed E-state index contributed by atoms with van der Waals surface area (Å²) >= 11 is 0. The summed E-state index contributed by atoms with van der Waals surface area (Å²) < 4.78 is 5.17. The number of ether oxygens (including phenoxy) is 1. The lowest BCUT2D eigenvalue weighted by molar-refractivity contribution is -0.119. The van der Waals surface area contributed by atoms with E-state index >= 15 is 0 Å². The number of rotatable bonds is 1. The van der Waals surface area contributed by atoms with Crippen LogP contribution in [-0.4, -0.2) is 19.1 Å². The molecule has 1 amide bonds. The summed E-state index contributed by atoms with van der Waals surface area (Å²) in [6.45, 7) is 0. The van der Waals surface area contributed by atoms with Crippen LogP contribution in [0.15, 0.2) is 18.2 Å². The van der Waals surface area contributed by atoms with Crippen molar-refractivity contribution in [1.82, 2.24) is 0 Å². The molecule has 0 aromatic heterocycles. The number of methoxy groups -OCH3 is 1. The number of nitrogens with one attached hydrogen (secondary N) is 2. The van der Waals surface area contributed by atoms with Gasteiger partial charge in [-0.2, -0.15) is 0 Å². The summed E-state index contributed by atoms with van der Waals surface area (Å²) in [5.41, 5.74) is 1.82. The molecule has 1 aromatic rings. The van der Waals surface area contributed by atoms with Crippen molar-refractivity contribution in [2.24, 2.45) is 5.92 Å². The summed E-state index contributed by atoms with van der Waals surface area (Å²) in [6.07, 6.45) is 3.18. The highest BCUT2D eigenvalue weighted by atomic mass is 16.5. The van der Waals surface area contributed by atoms with Gasteiger partial charge in [0, 0.05) is 12.1 Å². The Kier molecular flexibility index (Phi) is 2.42. The highest BCUT2D eigenvalue weighted by Gasteiger charge is 2.35. The number of carbonyl (C=O) groups excluding carboxylic acids is 1. The van der Waals surface area contributed by atoms with Gasteiger partial charge in [0.15, 0.2) is 0 Å². The van der Waals surface area contributed by atoms with E-state index in [1.54, 1.807) is 7.11 Å². The largest absolute Gasteiger partial charge is 0.497 e. The Labute approximate surface area is 100 Å². The molecule has 17 heavy (non-hydrogen) atoms. The molecule has 2 atom stereocenters. The first-order chi connectivity index (χ1) is 8.28. The molecular formula is C13H16N2O2. The lowest BCUT2D eigenvalue weighted by Gasteiger charge is -2.16. The molecule has 1 heterocycles. The predicted molar refractivity (Wildman–Crippen MR) is 66.4 cm³/mol. The van der Waals surface area contributed by atoms with Gasteiger partial charge in [0.25, 0.3) is 0 Å². The molecule has 2 unspecified atom stereocenters. The summed E-state index contributed by atoms with van der Waals surface area (Å²) in [5, 5.41) is 6.45. The quantitative estimate of drug-likeness (QED) is 0.780. The molecule has 4 nitrogen and oxygen atoms in total. The van der Waals surface area contributed by atoms with Crippen LogP contribution in [0.4, 0.5) is 11.4 Å². The van der Waals surface area contributed by atoms with Gasteiger partial charge in [-0.3, -0.25) is 4.79 Å². The second-order valence-corrected chi connectivity index (χ2v) is 4.69. The van der Waals surface area contributed by atoms with Crippen LogP contribution in [0.1, 0.15) is 19.3 Å². The first-order valence-electron chi connectivity index (χ1n) is 6.03. The van der Waals surface area contributed by atoms with Crippen LogP contribution in [0.3, 0.4) is 0 Å². The van der Waals surface area contributed by atoms with Crippen LogP contribution in [0, 0.1) is 5.92 Å². The van der Waals surface area contributed by atoms with Crippen molar-refractivity contribution in [3.8, 4) is 5.75 Å². The highest BCUT2D eigenvalue weighted by Crippen LogP contribution is 2.37. The number of benzene rings is 1. The third-order valence-corrected chi connectivity index (χ3v) is 3.68. The van der Waals surface area contributed by atoms with Crippen LogP contribution in [0.25, 0.3) is 0 Å². The summed E-state index contributed by atoms with van der Waals surface area (Å²) in [6, 6.07) is 6.02. The van der Waals surface area contributed by atoms with Gasteiger partial charge in [-0.25, -0.2) is 0 Å². The second-order valence-electron chi connectivity index (χ2n) is 4.69. The number of hydrogen-bond acceptors (Lipinski definition) is 3. The van der Waals surface area contributed by atoms with Crippen LogP contribution < -0.4 is 15.4 Å². The molecular weight excluding hydrogens is 216 g/mol. The van der Waals surface area contributed by atoms with Crippen LogP contribution in [0.5, 0.6) is 5.75 Å². The van der Waals surface area contributed by atoms with Gasteiger partial charge in [-0.15, -0.1) is 0 Å². The molecule has 1 aliphatic heterocycles. The van der Waals surface area contributed by atoms with Crippen LogP contribution in [0.2, 0.25) is 0 Å². The van der Waals surface area contributed by atoms with Gasteiger partial charge >= 0.3 is 0 Å². The topological polar surface area (TPSA) is 50.4 Å². The molecule has 0 bridgehead atoms. The minimum Gasteiger partial charge on any atom is -0.497 e. The van der Waals surface area contributed by atoms with E-state index in [9.17, 15) is 4.79 Å². The lowest BCUT2D eigenvalue weighted by Crippen LogP contribution is -2.30. The number of carbonyl (C=O) groups is 1. The molecule has 1 fully saturated rings. The van der Waals surface area contributed by atoms with Gasteiger partial charge in [0.05, 0.1) is 24.4 Å². The minimum absolute atomic E-state index is 0.105. The number of amides is 1. The van der Waals surface area contributed by atoms with Crippen molar-refractivity contribution in [2.45, 2.75) is 25.3 Å². The fourth-order valence-electron chi connectivity index (χ4n) is 2.75. The molecule has 90 valence electrons. The van der Waals surface area contributed by atoms with Gasteiger partial charge in [0.2, 0.25) is 5.91 Å². The van der Waals surface area contributed by atoms with Crippen molar-refractivity contribution < 1.29 is 9.53 Å². The Balaban J connectivity index is 1.98. The molecule has 1 saturated carbocycles. The van der Waals surface area contributed by atoms with E-state index in [4.69, 9.17) is 4.74 Å². The van der Waals surface area contributed by atoms with Crippen molar-refractivity contribution >= 4 is 17.3 Å². The summed E-state index contributed by atoms with van der Waals surface area (Å²) in [4.78, 5) is 12.1. The third-order valence-electron chi connectivity index (χ3n) is 3.68. The monoisotopic (exact) mass is 232 g/mol. The number of hydrogen-bond donors (Lipinski definition) is 2. The first kappa shape index (κ1) is 10.4. The molecule has 4 heteroatoms. The van der Waals surface area contributed by atoms with Crippen molar-refractivity contribution in [2.75, 3.05) is 17.7 Å². The molecule has 0 radical (unpaired) electrons. The van der Waals surface area contributed by atoms with Gasteiger partial charge < -0.3 is 15.4 Å². The number of fused-ring (bicyclic) bond motifs is 2. The summed E-state index contributed by atoms with van der Waals surface area (Å²) in [7, 11) is 1.63.